The highest BCUT2D eigenvalue weighted by molar-refractivity contribution is 5.79. The molecule has 1 unspecified atom stereocenters. The molecular weight excluding hydrogens is 190 g/mol. The third kappa shape index (κ3) is 2.13. The predicted molar refractivity (Wildman–Crippen MR) is 60.1 cm³/mol. The lowest BCUT2D eigenvalue weighted by molar-refractivity contribution is 0.415. The molecule has 2 aromatic rings. The van der Waals surface area contributed by atoms with Gasteiger partial charge in [0.05, 0.1) is 7.11 Å². The van der Waals surface area contributed by atoms with E-state index < -0.39 is 0 Å². The zero-order valence-electron chi connectivity index (χ0n) is 8.99. The number of fused-ring (bicyclic) bond motifs is 1. The Hall–Kier alpha value is -1.48. The van der Waals surface area contributed by atoms with Gasteiger partial charge in [0.25, 0.3) is 0 Å². The van der Waals surface area contributed by atoms with Gasteiger partial charge in [-0.25, -0.2) is 0 Å². The van der Waals surface area contributed by atoms with Gasteiger partial charge in [-0.3, -0.25) is 0 Å². The Bertz CT molecular complexity index is 460. The van der Waals surface area contributed by atoms with Crippen LogP contribution in [-0.2, 0) is 6.42 Å². The summed E-state index contributed by atoms with van der Waals surface area (Å²) in [4.78, 5) is 0. The molecule has 2 rings (SSSR count). The minimum Gasteiger partial charge on any atom is -0.497 e. The Morgan fingerprint density at radius 1 is 1.40 bits per heavy atom. The Morgan fingerprint density at radius 2 is 2.20 bits per heavy atom. The second-order valence-corrected chi connectivity index (χ2v) is 3.80. The van der Waals surface area contributed by atoms with Crippen molar-refractivity contribution in [3.63, 3.8) is 0 Å². The van der Waals surface area contributed by atoms with Crippen molar-refractivity contribution in [2.45, 2.75) is 19.4 Å². The fraction of sp³-hybridized carbons (Fsp3) is 0.333. The van der Waals surface area contributed by atoms with Crippen LogP contribution in [0.25, 0.3) is 11.0 Å². The third-order valence-corrected chi connectivity index (χ3v) is 2.30. The fourth-order valence-electron chi connectivity index (χ4n) is 1.62. The van der Waals surface area contributed by atoms with Gasteiger partial charge >= 0.3 is 0 Å². The van der Waals surface area contributed by atoms with E-state index in [4.69, 9.17) is 14.9 Å². The van der Waals surface area contributed by atoms with E-state index in [2.05, 4.69) is 0 Å². The van der Waals surface area contributed by atoms with Gasteiger partial charge in [-0.15, -0.1) is 0 Å². The zero-order valence-corrected chi connectivity index (χ0v) is 8.99. The van der Waals surface area contributed by atoms with E-state index in [0.29, 0.717) is 0 Å². The molecule has 0 aliphatic heterocycles. The summed E-state index contributed by atoms with van der Waals surface area (Å²) in [6, 6.07) is 7.90. The van der Waals surface area contributed by atoms with Crippen LogP contribution in [0, 0.1) is 0 Å². The first-order valence-electron chi connectivity index (χ1n) is 5.01. The second kappa shape index (κ2) is 3.95. The number of furan rings is 1. The van der Waals surface area contributed by atoms with Crippen molar-refractivity contribution < 1.29 is 9.15 Å². The number of ether oxygens (including phenoxy) is 1. The Balaban J connectivity index is 2.37. The van der Waals surface area contributed by atoms with Crippen LogP contribution in [0.4, 0.5) is 0 Å². The summed E-state index contributed by atoms with van der Waals surface area (Å²) in [5.41, 5.74) is 6.60. The van der Waals surface area contributed by atoms with Crippen LogP contribution in [0.5, 0.6) is 5.75 Å². The number of hydrogen-bond acceptors (Lipinski definition) is 3. The van der Waals surface area contributed by atoms with Crippen LogP contribution in [0.15, 0.2) is 28.7 Å². The van der Waals surface area contributed by atoms with E-state index in [9.17, 15) is 0 Å². The largest absolute Gasteiger partial charge is 0.497 e. The van der Waals surface area contributed by atoms with E-state index >= 15 is 0 Å². The highest BCUT2D eigenvalue weighted by atomic mass is 16.5. The lowest BCUT2D eigenvalue weighted by Crippen LogP contribution is -2.17. The summed E-state index contributed by atoms with van der Waals surface area (Å²) in [5.74, 6) is 1.77. The number of hydrogen-bond donors (Lipinski definition) is 1. The standard InChI is InChI=1S/C12H15NO2/c1-8(13)5-11-7-9-6-10(14-2)3-4-12(9)15-11/h3-4,6-8H,5,13H2,1-2H3. The summed E-state index contributed by atoms with van der Waals surface area (Å²) < 4.78 is 10.8. The number of rotatable bonds is 3. The topological polar surface area (TPSA) is 48.4 Å². The van der Waals surface area contributed by atoms with Crippen molar-refractivity contribution in [1.29, 1.82) is 0 Å². The van der Waals surface area contributed by atoms with Crippen LogP contribution < -0.4 is 10.5 Å². The molecule has 2 N–H and O–H groups in total. The summed E-state index contributed by atoms with van der Waals surface area (Å²) in [6.07, 6.45) is 0.761. The molecule has 3 heteroatoms. The van der Waals surface area contributed by atoms with E-state index in [-0.39, 0.29) is 6.04 Å². The molecule has 1 heterocycles. The Labute approximate surface area is 88.8 Å². The summed E-state index contributed by atoms with van der Waals surface area (Å²) >= 11 is 0. The smallest absolute Gasteiger partial charge is 0.134 e. The van der Waals surface area contributed by atoms with E-state index in [0.717, 1.165) is 28.9 Å². The maximum absolute atomic E-state index is 5.72. The van der Waals surface area contributed by atoms with Crippen molar-refractivity contribution in [1.82, 2.24) is 0 Å². The van der Waals surface area contributed by atoms with Gasteiger partial charge in [0.2, 0.25) is 0 Å². The predicted octanol–water partition coefficient (Wildman–Crippen LogP) is 2.33. The van der Waals surface area contributed by atoms with E-state index in [1.165, 1.54) is 0 Å². The van der Waals surface area contributed by atoms with Gasteiger partial charge in [0, 0.05) is 17.8 Å². The molecule has 0 aliphatic rings. The molecule has 0 aliphatic carbocycles. The van der Waals surface area contributed by atoms with Gasteiger partial charge in [0.15, 0.2) is 0 Å². The summed E-state index contributed by atoms with van der Waals surface area (Å²) in [7, 11) is 1.66. The van der Waals surface area contributed by atoms with Crippen molar-refractivity contribution >= 4 is 11.0 Å². The average molecular weight is 205 g/mol. The quantitative estimate of drug-likeness (QED) is 0.836. The highest BCUT2D eigenvalue weighted by Crippen LogP contribution is 2.24. The lowest BCUT2D eigenvalue weighted by atomic mass is 10.2. The van der Waals surface area contributed by atoms with Crippen LogP contribution in [-0.4, -0.2) is 13.2 Å². The number of nitrogens with two attached hydrogens (primary N) is 1. The number of benzene rings is 1. The minimum absolute atomic E-state index is 0.118. The van der Waals surface area contributed by atoms with Gasteiger partial charge in [-0.2, -0.15) is 0 Å². The minimum atomic E-state index is 0.118. The molecule has 80 valence electrons. The van der Waals surface area contributed by atoms with Crippen LogP contribution >= 0.6 is 0 Å². The first kappa shape index (κ1) is 10.1. The molecule has 0 bridgehead atoms. The zero-order chi connectivity index (χ0) is 10.8. The maximum atomic E-state index is 5.72. The SMILES string of the molecule is COc1ccc2oc(CC(C)N)cc2c1. The van der Waals surface area contributed by atoms with Crippen molar-refractivity contribution in [3.8, 4) is 5.75 Å². The maximum Gasteiger partial charge on any atom is 0.134 e. The summed E-state index contributed by atoms with van der Waals surface area (Å²) in [6.45, 7) is 1.97. The van der Waals surface area contributed by atoms with Crippen LogP contribution in [0.2, 0.25) is 0 Å². The molecule has 1 atom stereocenters. The van der Waals surface area contributed by atoms with E-state index in [1.54, 1.807) is 7.11 Å². The van der Waals surface area contributed by atoms with Crippen molar-refractivity contribution in [3.05, 3.63) is 30.0 Å². The monoisotopic (exact) mass is 205 g/mol. The van der Waals surface area contributed by atoms with Gasteiger partial charge < -0.3 is 14.9 Å². The van der Waals surface area contributed by atoms with Crippen LogP contribution in [0.3, 0.4) is 0 Å². The van der Waals surface area contributed by atoms with Crippen molar-refractivity contribution in [2.24, 2.45) is 5.73 Å². The second-order valence-electron chi connectivity index (χ2n) is 3.80. The van der Waals surface area contributed by atoms with Crippen LogP contribution in [0.1, 0.15) is 12.7 Å². The lowest BCUT2D eigenvalue weighted by Gasteiger charge is -1.99. The third-order valence-electron chi connectivity index (χ3n) is 2.30. The normalized spacial score (nSPS) is 13.0. The Kier molecular flexibility index (Phi) is 2.64. The van der Waals surface area contributed by atoms with Gasteiger partial charge in [-0.05, 0) is 31.2 Å². The summed E-state index contributed by atoms with van der Waals surface area (Å²) in [5, 5.41) is 1.06. The molecule has 0 amide bonds. The molecule has 15 heavy (non-hydrogen) atoms. The first-order chi connectivity index (χ1) is 7.19. The van der Waals surface area contributed by atoms with E-state index in [1.807, 2.05) is 31.2 Å². The highest BCUT2D eigenvalue weighted by Gasteiger charge is 2.06. The molecular formula is C12H15NO2. The number of methoxy groups -OCH3 is 1. The molecule has 0 fully saturated rings. The first-order valence-corrected chi connectivity index (χ1v) is 5.01. The fourth-order valence-corrected chi connectivity index (χ4v) is 1.62. The average Bonchev–Trinajstić information content (AvgIpc) is 2.57. The molecule has 1 aromatic carbocycles. The molecule has 3 nitrogen and oxygen atoms in total. The van der Waals surface area contributed by atoms with Gasteiger partial charge in [-0.1, -0.05) is 0 Å². The van der Waals surface area contributed by atoms with Crippen molar-refractivity contribution in [2.75, 3.05) is 7.11 Å². The van der Waals surface area contributed by atoms with Gasteiger partial charge in [0.1, 0.15) is 17.1 Å². The molecule has 0 spiro atoms. The molecule has 0 saturated carbocycles. The molecule has 1 aromatic heterocycles. The molecule has 0 radical (unpaired) electrons. The Morgan fingerprint density at radius 3 is 2.87 bits per heavy atom. The molecule has 0 saturated heterocycles.